The van der Waals surface area contributed by atoms with Crippen LogP contribution in [-0.2, 0) is 15.0 Å². The molecular weight excluding hydrogens is 396 g/mol. The lowest BCUT2D eigenvalue weighted by molar-refractivity contribution is -0.116. The van der Waals surface area contributed by atoms with Crippen molar-refractivity contribution in [1.29, 1.82) is 0 Å². The third-order valence-corrected chi connectivity index (χ3v) is 7.29. The zero-order chi connectivity index (χ0) is 21.4. The molecule has 1 atom stereocenters. The molecule has 5 rings (SSSR count). The number of nitrogens with zero attached hydrogens (tertiary/aromatic N) is 1. The van der Waals surface area contributed by atoms with Crippen LogP contribution >= 0.6 is 11.8 Å². The summed E-state index contributed by atoms with van der Waals surface area (Å²) in [6.07, 6.45) is 0.743. The quantitative estimate of drug-likeness (QED) is 0.692. The Kier molecular flexibility index (Phi) is 3.87. The summed E-state index contributed by atoms with van der Waals surface area (Å²) in [6.45, 7) is 8.37. The predicted molar refractivity (Wildman–Crippen MR) is 118 cm³/mol. The van der Waals surface area contributed by atoms with Crippen molar-refractivity contribution in [2.45, 2.75) is 45.1 Å². The normalized spacial score (nSPS) is 26.8. The van der Waals surface area contributed by atoms with Gasteiger partial charge >= 0.3 is 0 Å². The van der Waals surface area contributed by atoms with Crippen molar-refractivity contribution >= 4 is 40.1 Å². The van der Waals surface area contributed by atoms with Gasteiger partial charge in [0.2, 0.25) is 0 Å². The average Bonchev–Trinajstić information content (AvgIpc) is 3.15. The molecule has 0 bridgehead atoms. The van der Waals surface area contributed by atoms with Gasteiger partial charge in [-0.05, 0) is 56.1 Å². The van der Waals surface area contributed by atoms with Gasteiger partial charge in [-0.1, -0.05) is 48.9 Å². The van der Waals surface area contributed by atoms with Gasteiger partial charge in [0, 0.05) is 16.5 Å². The van der Waals surface area contributed by atoms with Crippen molar-refractivity contribution in [1.82, 2.24) is 5.32 Å². The van der Waals surface area contributed by atoms with Gasteiger partial charge in [0.05, 0.1) is 16.2 Å². The van der Waals surface area contributed by atoms with E-state index in [-0.39, 0.29) is 16.2 Å². The van der Waals surface area contributed by atoms with Gasteiger partial charge in [-0.15, -0.1) is 0 Å². The van der Waals surface area contributed by atoms with E-state index in [4.69, 9.17) is 0 Å². The second-order valence-corrected chi connectivity index (χ2v) is 10.1. The Morgan fingerprint density at radius 2 is 1.73 bits per heavy atom. The number of hydrogen-bond donors (Lipinski definition) is 1. The van der Waals surface area contributed by atoms with Gasteiger partial charge in [0.1, 0.15) is 0 Å². The fourth-order valence-corrected chi connectivity index (χ4v) is 6.11. The van der Waals surface area contributed by atoms with Gasteiger partial charge in [-0.2, -0.15) is 0 Å². The summed E-state index contributed by atoms with van der Waals surface area (Å²) >= 11 is 0.812. The third kappa shape index (κ3) is 2.46. The van der Waals surface area contributed by atoms with Crippen LogP contribution in [-0.4, -0.2) is 22.6 Å². The first kappa shape index (κ1) is 19.1. The maximum absolute atomic E-state index is 13.7. The van der Waals surface area contributed by atoms with Crippen LogP contribution in [0.4, 0.5) is 10.5 Å². The Morgan fingerprint density at radius 1 is 1.03 bits per heavy atom. The highest BCUT2D eigenvalue weighted by Gasteiger charge is 2.54. The molecule has 0 aliphatic carbocycles. The molecule has 2 aromatic rings. The Labute approximate surface area is 179 Å². The lowest BCUT2D eigenvalue weighted by Gasteiger charge is -2.50. The molecule has 3 heterocycles. The van der Waals surface area contributed by atoms with E-state index < -0.39 is 16.7 Å². The van der Waals surface area contributed by atoms with Crippen LogP contribution in [0.5, 0.6) is 0 Å². The average molecular weight is 419 g/mol. The maximum atomic E-state index is 13.7. The van der Waals surface area contributed by atoms with Crippen LogP contribution in [0, 0.1) is 6.92 Å². The topological polar surface area (TPSA) is 66.5 Å². The van der Waals surface area contributed by atoms with Crippen molar-refractivity contribution in [2.24, 2.45) is 0 Å². The van der Waals surface area contributed by atoms with Crippen molar-refractivity contribution < 1.29 is 14.4 Å². The highest BCUT2D eigenvalue weighted by molar-refractivity contribution is 8.18. The van der Waals surface area contributed by atoms with Crippen LogP contribution < -0.4 is 10.2 Å². The molecule has 3 aliphatic heterocycles. The number of anilines is 1. The first-order chi connectivity index (χ1) is 14.1. The molecule has 3 amide bonds. The van der Waals surface area contributed by atoms with Gasteiger partial charge in [0.15, 0.2) is 0 Å². The predicted octanol–water partition coefficient (Wildman–Crippen LogP) is 4.52. The van der Waals surface area contributed by atoms with Gasteiger partial charge in [-0.3, -0.25) is 19.7 Å². The molecule has 152 valence electrons. The fourth-order valence-electron chi connectivity index (χ4n) is 5.34. The molecule has 0 radical (unpaired) electrons. The molecular formula is C24H22N2O3S. The summed E-state index contributed by atoms with van der Waals surface area (Å²) in [5, 5.41) is 1.85. The molecule has 1 saturated heterocycles. The number of carbonyl (C=O) groups excluding carboxylic acids is 3. The van der Waals surface area contributed by atoms with E-state index in [1.165, 1.54) is 5.56 Å². The third-order valence-electron chi connectivity index (χ3n) is 6.40. The zero-order valence-corrected chi connectivity index (χ0v) is 18.1. The smallest absolute Gasteiger partial charge is 0.290 e. The fraction of sp³-hybridized carbons (Fsp3) is 0.292. The lowest BCUT2D eigenvalue weighted by atomic mass is 9.65. The molecule has 0 saturated carbocycles. The van der Waals surface area contributed by atoms with E-state index >= 15 is 0 Å². The number of hydrogen-bond acceptors (Lipinski definition) is 4. The van der Waals surface area contributed by atoms with E-state index in [1.54, 1.807) is 0 Å². The summed E-state index contributed by atoms with van der Waals surface area (Å²) < 4.78 is 0. The molecule has 2 aromatic carbocycles. The minimum atomic E-state index is -0.493. The monoisotopic (exact) mass is 418 g/mol. The number of amides is 3. The Balaban J connectivity index is 1.86. The first-order valence-corrected chi connectivity index (χ1v) is 10.8. The molecule has 5 nitrogen and oxygen atoms in total. The largest absolute Gasteiger partial charge is 0.302 e. The Hall–Kier alpha value is -2.86. The zero-order valence-electron chi connectivity index (χ0n) is 17.3. The second kappa shape index (κ2) is 6.08. The van der Waals surface area contributed by atoms with Crippen LogP contribution in [0.15, 0.2) is 47.4 Å². The van der Waals surface area contributed by atoms with E-state index in [1.807, 2.05) is 36.1 Å². The van der Waals surface area contributed by atoms with Crippen LogP contribution in [0.1, 0.15) is 49.4 Å². The number of carbonyl (C=O) groups is 3. The summed E-state index contributed by atoms with van der Waals surface area (Å²) in [7, 11) is 0. The van der Waals surface area contributed by atoms with Crippen LogP contribution in [0.25, 0.3) is 5.57 Å². The standard InChI is InChI=1S/C24H22N2O3S/c1-13-10-15-17(19-20(27)25-22(29)30-19)21(28)26-18(15)16(11-13)24(4,12-23(26,2)3)14-8-6-5-7-9-14/h5-11H,12H2,1-4H3,(H,25,27,29). The van der Waals surface area contributed by atoms with Gasteiger partial charge in [0.25, 0.3) is 17.1 Å². The van der Waals surface area contributed by atoms with E-state index in [9.17, 15) is 14.4 Å². The number of aryl methyl sites for hydroxylation is 1. The Bertz CT molecular complexity index is 1180. The molecule has 30 heavy (non-hydrogen) atoms. The van der Waals surface area contributed by atoms with Crippen molar-refractivity contribution in [3.05, 3.63) is 69.6 Å². The molecule has 6 heteroatoms. The highest BCUT2D eigenvalue weighted by atomic mass is 32.2. The first-order valence-electron chi connectivity index (χ1n) is 9.96. The minimum Gasteiger partial charge on any atom is -0.302 e. The van der Waals surface area contributed by atoms with Crippen molar-refractivity contribution in [3.63, 3.8) is 0 Å². The summed E-state index contributed by atoms with van der Waals surface area (Å²) in [5.41, 5.74) is 4.50. The van der Waals surface area contributed by atoms with Crippen LogP contribution in [0.3, 0.4) is 0 Å². The SMILES string of the molecule is Cc1cc2c3c(c1)C(C)(c1ccccc1)CC(C)(C)N3C(=O)C2=C1SC(=O)NC1=O. The number of benzene rings is 2. The molecule has 1 N–H and O–H groups in total. The van der Waals surface area contributed by atoms with E-state index in [0.29, 0.717) is 5.57 Å². The number of thioether (sulfide) groups is 1. The maximum Gasteiger partial charge on any atom is 0.290 e. The number of nitrogens with one attached hydrogen (secondary N) is 1. The summed E-state index contributed by atoms with van der Waals surface area (Å²) in [5.74, 6) is -0.698. The minimum absolute atomic E-state index is 0.199. The van der Waals surface area contributed by atoms with E-state index in [2.05, 4.69) is 44.3 Å². The summed E-state index contributed by atoms with van der Waals surface area (Å²) in [4.78, 5) is 39.9. The number of imide groups is 1. The van der Waals surface area contributed by atoms with E-state index in [0.717, 1.165) is 40.6 Å². The lowest BCUT2D eigenvalue weighted by Crippen LogP contribution is -2.54. The molecule has 0 aromatic heterocycles. The van der Waals surface area contributed by atoms with Crippen LogP contribution in [0.2, 0.25) is 0 Å². The van der Waals surface area contributed by atoms with Crippen molar-refractivity contribution in [2.75, 3.05) is 4.90 Å². The van der Waals surface area contributed by atoms with Gasteiger partial charge < -0.3 is 4.90 Å². The molecule has 3 aliphatic rings. The highest BCUT2D eigenvalue weighted by Crippen LogP contribution is 2.57. The van der Waals surface area contributed by atoms with Gasteiger partial charge in [-0.25, -0.2) is 0 Å². The van der Waals surface area contributed by atoms with Crippen molar-refractivity contribution in [3.8, 4) is 0 Å². The molecule has 0 spiro atoms. The summed E-state index contributed by atoms with van der Waals surface area (Å²) in [6, 6.07) is 14.5. The molecule has 1 fully saturated rings. The second-order valence-electron chi connectivity index (χ2n) is 9.08. The number of rotatable bonds is 1. The Morgan fingerprint density at radius 3 is 2.37 bits per heavy atom. The molecule has 1 unspecified atom stereocenters.